The van der Waals surface area contributed by atoms with Crippen molar-refractivity contribution < 1.29 is 33.7 Å². The fraction of sp³-hybridized carbons (Fsp3) is 0.192. The van der Waals surface area contributed by atoms with E-state index >= 15 is 0 Å². The van der Waals surface area contributed by atoms with Crippen LogP contribution in [-0.2, 0) is 22.4 Å². The van der Waals surface area contributed by atoms with Gasteiger partial charge in [0, 0.05) is 53.6 Å². The molecular formula is C52H48ClF2N13O5. The smallest absolute Gasteiger partial charge is 0.250 e. The van der Waals surface area contributed by atoms with Gasteiger partial charge in [-0.05, 0) is 66.1 Å². The first-order chi connectivity index (χ1) is 34.4. The van der Waals surface area contributed by atoms with Gasteiger partial charge in [0.15, 0.2) is 6.23 Å². The predicted octanol–water partition coefficient (Wildman–Crippen LogP) is 8.53. The number of rotatable bonds is 9. The van der Waals surface area contributed by atoms with Crippen LogP contribution >= 0.6 is 11.6 Å². The molecule has 6 heterocycles. The fourth-order valence-corrected chi connectivity index (χ4v) is 7.37. The van der Waals surface area contributed by atoms with Gasteiger partial charge in [-0.1, -0.05) is 63.4 Å². The monoisotopic (exact) mass is 1010 g/mol. The van der Waals surface area contributed by atoms with Gasteiger partial charge in [-0.3, -0.25) is 24.5 Å². The summed E-state index contributed by atoms with van der Waals surface area (Å²) in [7, 11) is 0. The molecule has 0 aliphatic carbocycles. The average Bonchev–Trinajstić information content (AvgIpc) is 3.96. The number of alkyl halides is 1. The highest BCUT2D eigenvalue weighted by Gasteiger charge is 2.37. The van der Waals surface area contributed by atoms with Crippen molar-refractivity contribution in [1.82, 2.24) is 49.6 Å². The lowest BCUT2D eigenvalue weighted by Gasteiger charge is -2.25. The van der Waals surface area contributed by atoms with E-state index in [9.17, 15) is 23.5 Å². The number of halogens is 3. The molecule has 0 saturated carbocycles. The van der Waals surface area contributed by atoms with Crippen molar-refractivity contribution in [3.63, 3.8) is 0 Å². The molecule has 0 bridgehead atoms. The summed E-state index contributed by atoms with van der Waals surface area (Å²) in [5, 5.41) is 38.6. The molecule has 9 aromatic rings. The number of hydrogen-bond acceptors (Lipinski definition) is 14. The molecule has 2 amide bonds. The minimum absolute atomic E-state index is 0. The molecule has 0 radical (unpaired) electrons. The number of nitrogen functional groups attached to an aromatic ring is 1. The van der Waals surface area contributed by atoms with Gasteiger partial charge < -0.3 is 21.1 Å². The maximum Gasteiger partial charge on any atom is 0.250 e. The maximum atomic E-state index is 14.0. The normalized spacial score (nSPS) is 12.4. The molecule has 18 nitrogen and oxygen atoms in total. The van der Waals surface area contributed by atoms with Crippen molar-refractivity contribution in [1.29, 1.82) is 0 Å². The Morgan fingerprint density at radius 2 is 1.22 bits per heavy atom. The van der Waals surface area contributed by atoms with Crippen LogP contribution in [0.25, 0.3) is 59.8 Å². The van der Waals surface area contributed by atoms with Crippen molar-refractivity contribution in [3.05, 3.63) is 179 Å². The summed E-state index contributed by atoms with van der Waals surface area (Å²) in [6, 6.07) is 28.2. The molecule has 5 aromatic heterocycles. The third-order valence-corrected chi connectivity index (χ3v) is 10.9. The Hall–Kier alpha value is -8.79. The first kappa shape index (κ1) is 55.1. The summed E-state index contributed by atoms with van der Waals surface area (Å²) in [5.74, 6) is -1.37. The van der Waals surface area contributed by atoms with Crippen LogP contribution in [0, 0.1) is 24.8 Å². The Labute approximate surface area is 423 Å². The number of carbonyl (C=O) groups excluding carboxylic acids is 2. The number of fused-ring (bicyclic) bond motifs is 3. The van der Waals surface area contributed by atoms with Crippen LogP contribution in [0.1, 0.15) is 44.5 Å². The topological polar surface area (TPSA) is 240 Å². The molecule has 1 saturated heterocycles. The van der Waals surface area contributed by atoms with E-state index in [0.29, 0.717) is 41.1 Å². The van der Waals surface area contributed by atoms with E-state index in [1.165, 1.54) is 30.5 Å². The van der Waals surface area contributed by atoms with Crippen molar-refractivity contribution >= 4 is 68.3 Å². The van der Waals surface area contributed by atoms with Gasteiger partial charge in [0.1, 0.15) is 23.0 Å². The van der Waals surface area contributed by atoms with Crippen LogP contribution < -0.4 is 5.73 Å². The fourth-order valence-electron chi connectivity index (χ4n) is 7.08. The number of anilines is 1. The number of benzene rings is 4. The molecular weight excluding hydrogens is 960 g/mol. The lowest BCUT2D eigenvalue weighted by molar-refractivity contribution is -0.149. The Morgan fingerprint density at radius 1 is 0.685 bits per heavy atom. The zero-order chi connectivity index (χ0) is 50.4. The van der Waals surface area contributed by atoms with Gasteiger partial charge in [0.05, 0.1) is 67.1 Å². The van der Waals surface area contributed by atoms with Crippen LogP contribution in [-0.4, -0.2) is 102 Å². The summed E-state index contributed by atoms with van der Waals surface area (Å²) < 4.78 is 29.0. The summed E-state index contributed by atoms with van der Waals surface area (Å²) in [6.45, 7) is 13.4. The van der Waals surface area contributed by atoms with Gasteiger partial charge in [-0.25, -0.2) is 37.9 Å². The minimum atomic E-state index is -1.30. The van der Waals surface area contributed by atoms with Crippen LogP contribution in [0.15, 0.2) is 128 Å². The standard InChI is InChI=1S/C22H13FN6.C16H15ClN2O3.C10H6FN5.C2H6O2.2CH4/c1-24-20-7-5-16(11-18(20)23)21-13-27-22-26-12-17(29(22)28-21)10-14-4-6-19-15(9-14)3-2-8-25-19;17-12(16(22)19-14(20)5-6-15(19)21)9-10-3-4-13-11(8-10)2-1-7-18-13;1-13-8-3-2-6(4-7(8)11)9-5-14-10(12)16-15-9;3-1-2-4;;/h2-9,11-13H,10H2;1-4,7-8,12,16,22H,5-6,9H2;2-5H,(H2,12,14,16);3-4H,1-2H2;2*1H4. The summed E-state index contributed by atoms with van der Waals surface area (Å²) >= 11 is 6.22. The number of nitrogens with two attached hydrogens (primary N) is 1. The molecule has 2 unspecified atom stereocenters. The van der Waals surface area contributed by atoms with Crippen molar-refractivity contribution in [2.45, 2.75) is 52.1 Å². The van der Waals surface area contributed by atoms with Gasteiger partial charge in [-0.2, -0.15) is 5.10 Å². The van der Waals surface area contributed by atoms with Gasteiger partial charge in [0.25, 0.3) is 5.78 Å². The second-order valence-electron chi connectivity index (χ2n) is 15.3. The van der Waals surface area contributed by atoms with E-state index in [1.807, 2.05) is 54.6 Å². The highest BCUT2D eigenvalue weighted by molar-refractivity contribution is 6.21. The number of nitrogens with zero attached hydrogens (tertiary/aromatic N) is 12. The van der Waals surface area contributed by atoms with E-state index in [2.05, 4.69) is 56.0 Å². The van der Waals surface area contributed by atoms with Gasteiger partial charge in [0.2, 0.25) is 29.1 Å². The zero-order valence-electron chi connectivity index (χ0n) is 37.3. The molecule has 4 aromatic carbocycles. The summed E-state index contributed by atoms with van der Waals surface area (Å²) in [6.07, 6.45) is 8.15. The first-order valence-corrected chi connectivity index (χ1v) is 21.9. The third-order valence-electron chi connectivity index (χ3n) is 10.5. The number of likely N-dealkylation sites (tertiary alicyclic amines) is 1. The Morgan fingerprint density at radius 3 is 1.75 bits per heavy atom. The average molecular weight is 1010 g/mol. The van der Waals surface area contributed by atoms with E-state index in [-0.39, 0.29) is 70.0 Å². The molecule has 21 heteroatoms. The largest absolute Gasteiger partial charge is 0.394 e. The molecule has 2 atom stereocenters. The van der Waals surface area contributed by atoms with Gasteiger partial charge in [-0.15, -0.1) is 21.8 Å². The molecule has 0 spiro atoms. The number of hydrogen-bond donors (Lipinski definition) is 4. The van der Waals surface area contributed by atoms with Crippen molar-refractivity contribution in [2.75, 3.05) is 18.9 Å². The second-order valence-corrected chi connectivity index (χ2v) is 15.9. The second kappa shape index (κ2) is 25.9. The molecule has 5 N–H and O–H groups in total. The lowest BCUT2D eigenvalue weighted by Crippen LogP contribution is -2.45. The number of pyridine rings is 2. The molecule has 1 aliphatic rings. The number of amides is 2. The van der Waals surface area contributed by atoms with E-state index in [0.717, 1.165) is 43.5 Å². The Kier molecular flexibility index (Phi) is 19.6. The lowest BCUT2D eigenvalue weighted by atomic mass is 10.1. The van der Waals surface area contributed by atoms with E-state index in [4.69, 9.17) is 40.7 Å². The molecule has 73 heavy (non-hydrogen) atoms. The highest BCUT2D eigenvalue weighted by atomic mass is 35.5. The molecule has 1 fully saturated rings. The third kappa shape index (κ3) is 13.8. The van der Waals surface area contributed by atoms with Crippen molar-refractivity contribution in [2.24, 2.45) is 0 Å². The highest BCUT2D eigenvalue weighted by Crippen LogP contribution is 2.27. The number of imidazole rings is 1. The van der Waals surface area contributed by atoms with Crippen LogP contribution in [0.5, 0.6) is 0 Å². The molecule has 1 aliphatic heterocycles. The van der Waals surface area contributed by atoms with Crippen LogP contribution in [0.2, 0.25) is 0 Å². The van der Waals surface area contributed by atoms with E-state index in [1.54, 1.807) is 41.4 Å². The predicted molar refractivity (Wildman–Crippen MR) is 273 cm³/mol. The number of aliphatic hydroxyl groups excluding tert-OH is 3. The van der Waals surface area contributed by atoms with Gasteiger partial charge >= 0.3 is 0 Å². The van der Waals surface area contributed by atoms with Crippen molar-refractivity contribution in [3.8, 4) is 22.5 Å². The summed E-state index contributed by atoms with van der Waals surface area (Å²) in [5.41, 5.74) is 11.9. The molecule has 10 rings (SSSR count). The maximum absolute atomic E-state index is 14.0. The SMILES string of the molecule is C.C.O=C1CCC(=O)N1C(O)C(Cl)Cc1ccc2ncccc2c1.OCCO.[C-]#[N+]c1ccc(-c2cnc(N)nn2)cc1F.[C-]#[N+]c1ccc(-c2cnc3ncc(Cc4ccc5ncccc5c4)n3n2)cc1F. The minimum Gasteiger partial charge on any atom is -0.394 e. The zero-order valence-corrected chi connectivity index (χ0v) is 38.0. The number of aromatic nitrogens is 9. The number of aliphatic hydroxyl groups is 3. The first-order valence-electron chi connectivity index (χ1n) is 21.4. The summed E-state index contributed by atoms with van der Waals surface area (Å²) in [4.78, 5) is 51.3. The van der Waals surface area contributed by atoms with E-state index < -0.39 is 23.2 Å². The Balaban J connectivity index is 0.000000200. The number of imide groups is 1. The Bertz CT molecular complexity index is 3430. The van der Waals surface area contributed by atoms with Crippen LogP contribution in [0.3, 0.4) is 0 Å². The quantitative estimate of drug-likeness (QED) is 0.0602. The number of carbonyl (C=O) groups is 2. The molecule has 372 valence electrons. The van der Waals surface area contributed by atoms with Crippen LogP contribution in [0.4, 0.5) is 26.1 Å².